The molecule has 2 aliphatic heterocycles. The molecule has 0 aromatic heterocycles. The summed E-state index contributed by atoms with van der Waals surface area (Å²) in [4.78, 5) is 39.9. The minimum Gasteiger partial charge on any atom is -0.481 e. The van der Waals surface area contributed by atoms with Crippen molar-refractivity contribution in [2.24, 2.45) is 5.92 Å². The van der Waals surface area contributed by atoms with E-state index in [1.807, 2.05) is 36.1 Å². The molecule has 2 amide bonds. The third-order valence-electron chi connectivity index (χ3n) is 5.68. The van der Waals surface area contributed by atoms with Gasteiger partial charge in [-0.15, -0.1) is 0 Å². The van der Waals surface area contributed by atoms with Gasteiger partial charge in [0.05, 0.1) is 0 Å². The Kier molecular flexibility index (Phi) is 6.14. The Morgan fingerprint density at radius 2 is 1.93 bits per heavy atom. The Morgan fingerprint density at radius 3 is 2.63 bits per heavy atom. The molecule has 1 N–H and O–H groups in total. The first-order valence-corrected chi connectivity index (χ1v) is 9.79. The van der Waals surface area contributed by atoms with Crippen LogP contribution in [-0.2, 0) is 20.9 Å². The van der Waals surface area contributed by atoms with Gasteiger partial charge in [0.25, 0.3) is 0 Å². The van der Waals surface area contributed by atoms with Crippen LogP contribution in [0.2, 0.25) is 0 Å². The fourth-order valence-corrected chi connectivity index (χ4v) is 4.12. The fourth-order valence-electron chi connectivity index (χ4n) is 4.12. The summed E-state index contributed by atoms with van der Waals surface area (Å²) in [6.07, 6.45) is 3.60. The molecule has 1 aromatic rings. The lowest BCUT2D eigenvalue weighted by Crippen LogP contribution is -2.49. The number of carbonyl (C=O) groups is 3. The van der Waals surface area contributed by atoms with Crippen LogP contribution in [-0.4, -0.2) is 51.8 Å². The van der Waals surface area contributed by atoms with Gasteiger partial charge in [-0.25, -0.2) is 0 Å². The molecule has 2 aliphatic rings. The van der Waals surface area contributed by atoms with Gasteiger partial charge in [0, 0.05) is 32.5 Å². The molecule has 0 bridgehead atoms. The molecule has 146 valence electrons. The first-order chi connectivity index (χ1) is 12.9. The summed E-state index contributed by atoms with van der Waals surface area (Å²) in [7, 11) is 0. The minimum absolute atomic E-state index is 0.0213. The SMILES string of the molecule is Cc1ccc(CN2C(=O)CC[C@@H]2C(=O)N2CCC[C@@H](CCC(=O)O)C2)cc1. The summed E-state index contributed by atoms with van der Waals surface area (Å²) in [6, 6.07) is 7.66. The van der Waals surface area contributed by atoms with Crippen molar-refractivity contribution in [2.75, 3.05) is 13.1 Å². The minimum atomic E-state index is -0.788. The Balaban J connectivity index is 1.64. The van der Waals surface area contributed by atoms with E-state index in [2.05, 4.69) is 0 Å². The summed E-state index contributed by atoms with van der Waals surface area (Å²) in [6.45, 7) is 3.79. The summed E-state index contributed by atoms with van der Waals surface area (Å²) in [5.74, 6) is -0.494. The molecular formula is C21H28N2O4. The fraction of sp³-hybridized carbons (Fsp3) is 0.571. The van der Waals surface area contributed by atoms with Crippen LogP contribution in [0.5, 0.6) is 0 Å². The van der Waals surface area contributed by atoms with Crippen LogP contribution < -0.4 is 0 Å². The van der Waals surface area contributed by atoms with Crippen LogP contribution in [0.1, 0.15) is 49.7 Å². The number of carbonyl (C=O) groups excluding carboxylic acids is 2. The molecule has 1 aromatic carbocycles. The average molecular weight is 372 g/mol. The average Bonchev–Trinajstić information content (AvgIpc) is 3.02. The van der Waals surface area contributed by atoms with Crippen molar-refractivity contribution in [3.8, 4) is 0 Å². The van der Waals surface area contributed by atoms with Crippen LogP contribution in [0.4, 0.5) is 0 Å². The van der Waals surface area contributed by atoms with Crippen molar-refractivity contribution < 1.29 is 19.5 Å². The van der Waals surface area contributed by atoms with Crippen molar-refractivity contribution in [1.29, 1.82) is 0 Å². The zero-order valence-corrected chi connectivity index (χ0v) is 15.9. The van der Waals surface area contributed by atoms with Crippen molar-refractivity contribution in [3.05, 3.63) is 35.4 Å². The first-order valence-electron chi connectivity index (χ1n) is 9.79. The lowest BCUT2D eigenvalue weighted by Gasteiger charge is -2.36. The highest BCUT2D eigenvalue weighted by molar-refractivity contribution is 5.91. The highest BCUT2D eigenvalue weighted by Gasteiger charge is 2.39. The Hall–Kier alpha value is -2.37. The van der Waals surface area contributed by atoms with Gasteiger partial charge >= 0.3 is 5.97 Å². The molecule has 2 saturated heterocycles. The van der Waals surface area contributed by atoms with Crippen molar-refractivity contribution >= 4 is 17.8 Å². The number of carboxylic acid groups (broad SMARTS) is 1. The van der Waals surface area contributed by atoms with E-state index in [1.54, 1.807) is 4.90 Å². The van der Waals surface area contributed by atoms with Gasteiger partial charge < -0.3 is 14.9 Å². The summed E-state index contributed by atoms with van der Waals surface area (Å²) in [5, 5.41) is 8.89. The van der Waals surface area contributed by atoms with Crippen LogP contribution in [0.15, 0.2) is 24.3 Å². The van der Waals surface area contributed by atoms with Crippen molar-refractivity contribution in [2.45, 2.75) is 58.0 Å². The number of aliphatic carboxylic acids is 1. The van der Waals surface area contributed by atoms with E-state index < -0.39 is 12.0 Å². The Morgan fingerprint density at radius 1 is 1.19 bits per heavy atom. The molecule has 2 atom stereocenters. The zero-order valence-electron chi connectivity index (χ0n) is 15.9. The molecule has 0 radical (unpaired) electrons. The zero-order chi connectivity index (χ0) is 19.4. The number of likely N-dealkylation sites (tertiary alicyclic amines) is 2. The number of piperidine rings is 1. The predicted molar refractivity (Wildman–Crippen MR) is 101 cm³/mol. The number of hydrogen-bond acceptors (Lipinski definition) is 3. The number of carboxylic acids is 1. The lowest BCUT2D eigenvalue weighted by molar-refractivity contribution is -0.143. The maximum atomic E-state index is 13.1. The van der Waals surface area contributed by atoms with Gasteiger partial charge in [0.1, 0.15) is 6.04 Å². The van der Waals surface area contributed by atoms with E-state index in [0.29, 0.717) is 38.9 Å². The van der Waals surface area contributed by atoms with E-state index in [1.165, 1.54) is 5.56 Å². The number of nitrogens with zero attached hydrogens (tertiary/aromatic N) is 2. The molecule has 3 rings (SSSR count). The molecule has 0 aliphatic carbocycles. The maximum Gasteiger partial charge on any atom is 0.303 e. The third-order valence-corrected chi connectivity index (χ3v) is 5.68. The number of hydrogen-bond donors (Lipinski definition) is 1. The number of benzene rings is 1. The molecule has 6 heteroatoms. The monoisotopic (exact) mass is 372 g/mol. The number of amides is 2. The van der Waals surface area contributed by atoms with Crippen LogP contribution in [0.25, 0.3) is 0 Å². The van der Waals surface area contributed by atoms with Gasteiger partial charge in [-0.1, -0.05) is 29.8 Å². The lowest BCUT2D eigenvalue weighted by atomic mass is 9.93. The van der Waals surface area contributed by atoms with E-state index in [-0.39, 0.29) is 24.2 Å². The number of aryl methyl sites for hydroxylation is 1. The topological polar surface area (TPSA) is 77.9 Å². The molecule has 0 unspecified atom stereocenters. The van der Waals surface area contributed by atoms with Gasteiger partial charge in [0.2, 0.25) is 11.8 Å². The summed E-state index contributed by atoms with van der Waals surface area (Å²) in [5.41, 5.74) is 2.20. The third kappa shape index (κ3) is 4.87. The molecule has 0 saturated carbocycles. The highest BCUT2D eigenvalue weighted by Crippen LogP contribution is 2.27. The van der Waals surface area contributed by atoms with E-state index in [9.17, 15) is 14.4 Å². The quantitative estimate of drug-likeness (QED) is 0.833. The molecular weight excluding hydrogens is 344 g/mol. The first kappa shape index (κ1) is 19.4. The van der Waals surface area contributed by atoms with E-state index in [0.717, 1.165) is 18.4 Å². The smallest absolute Gasteiger partial charge is 0.303 e. The van der Waals surface area contributed by atoms with Gasteiger partial charge in [-0.3, -0.25) is 14.4 Å². The van der Waals surface area contributed by atoms with Crippen molar-refractivity contribution in [1.82, 2.24) is 9.80 Å². The van der Waals surface area contributed by atoms with Gasteiger partial charge in [-0.2, -0.15) is 0 Å². The van der Waals surface area contributed by atoms with Crippen LogP contribution in [0, 0.1) is 12.8 Å². The largest absolute Gasteiger partial charge is 0.481 e. The maximum absolute atomic E-state index is 13.1. The van der Waals surface area contributed by atoms with Crippen LogP contribution >= 0.6 is 0 Å². The second-order valence-corrected chi connectivity index (χ2v) is 7.79. The molecule has 0 spiro atoms. The van der Waals surface area contributed by atoms with Crippen LogP contribution in [0.3, 0.4) is 0 Å². The Labute approximate surface area is 160 Å². The second-order valence-electron chi connectivity index (χ2n) is 7.79. The summed E-state index contributed by atoms with van der Waals surface area (Å²) >= 11 is 0. The predicted octanol–water partition coefficient (Wildman–Crippen LogP) is 2.59. The number of rotatable bonds is 6. The highest BCUT2D eigenvalue weighted by atomic mass is 16.4. The van der Waals surface area contributed by atoms with E-state index in [4.69, 9.17) is 5.11 Å². The molecule has 2 heterocycles. The van der Waals surface area contributed by atoms with E-state index >= 15 is 0 Å². The standard InChI is InChI=1S/C21H28N2O4/c1-15-4-6-17(7-5-15)14-23-18(9-10-19(23)24)21(27)22-12-2-3-16(13-22)8-11-20(25)26/h4-7,16,18H,2-3,8-14H2,1H3,(H,25,26)/t16-,18+/m0/s1. The molecule has 2 fully saturated rings. The normalized spacial score (nSPS) is 22.9. The second kappa shape index (κ2) is 8.55. The molecule has 27 heavy (non-hydrogen) atoms. The Bertz CT molecular complexity index is 701. The summed E-state index contributed by atoms with van der Waals surface area (Å²) < 4.78 is 0. The van der Waals surface area contributed by atoms with Gasteiger partial charge in [-0.05, 0) is 44.1 Å². The van der Waals surface area contributed by atoms with Gasteiger partial charge in [0.15, 0.2) is 0 Å². The van der Waals surface area contributed by atoms with Crippen molar-refractivity contribution in [3.63, 3.8) is 0 Å². The molecule has 6 nitrogen and oxygen atoms in total.